The number of H-pyrrole nitrogens is 1. The van der Waals surface area contributed by atoms with Gasteiger partial charge in [-0.15, -0.1) is 0 Å². The molecule has 78 valence electrons. The van der Waals surface area contributed by atoms with Crippen LogP contribution in [0.15, 0.2) is 27.4 Å². The summed E-state index contributed by atoms with van der Waals surface area (Å²) in [7, 11) is 0. The standard InChI is InChI=1S/C10H9NO4/c12-9(13)4-2-6-1-3-8-7(5-6)11-10(14)15-8/h1,3,5H,2,4H2,(H,11,14)(H,12,13). The molecule has 0 saturated heterocycles. The molecule has 1 heterocycles. The minimum Gasteiger partial charge on any atom is -0.481 e. The Bertz CT molecular complexity index is 552. The van der Waals surface area contributed by atoms with Crippen LogP contribution in [-0.4, -0.2) is 16.1 Å². The third kappa shape index (κ3) is 2.07. The number of carbonyl (C=O) groups is 1. The Morgan fingerprint density at radius 1 is 1.47 bits per heavy atom. The van der Waals surface area contributed by atoms with Crippen molar-refractivity contribution in [1.29, 1.82) is 0 Å². The molecule has 15 heavy (non-hydrogen) atoms. The monoisotopic (exact) mass is 207 g/mol. The molecule has 0 fully saturated rings. The second kappa shape index (κ2) is 3.61. The van der Waals surface area contributed by atoms with Crippen LogP contribution in [0.3, 0.4) is 0 Å². The SMILES string of the molecule is O=C(O)CCc1ccc2oc(=O)[nH]c2c1. The number of fused-ring (bicyclic) bond motifs is 1. The van der Waals surface area contributed by atoms with Gasteiger partial charge in [-0.05, 0) is 24.1 Å². The number of aryl methyl sites for hydroxylation is 1. The van der Waals surface area contributed by atoms with E-state index in [1.807, 2.05) is 0 Å². The predicted molar refractivity (Wildman–Crippen MR) is 52.8 cm³/mol. The lowest BCUT2D eigenvalue weighted by atomic mass is 10.1. The predicted octanol–water partition coefficient (Wildman–Crippen LogP) is 1.14. The molecule has 0 radical (unpaired) electrons. The molecular weight excluding hydrogens is 198 g/mol. The summed E-state index contributed by atoms with van der Waals surface area (Å²) in [5, 5.41) is 8.52. The molecule has 0 bridgehead atoms. The van der Waals surface area contributed by atoms with Crippen LogP contribution in [0.5, 0.6) is 0 Å². The molecule has 1 aromatic carbocycles. The van der Waals surface area contributed by atoms with Crippen LogP contribution in [-0.2, 0) is 11.2 Å². The van der Waals surface area contributed by atoms with Crippen molar-refractivity contribution in [3.63, 3.8) is 0 Å². The minimum atomic E-state index is -0.837. The van der Waals surface area contributed by atoms with Crippen molar-refractivity contribution < 1.29 is 14.3 Å². The molecule has 0 spiro atoms. The lowest BCUT2D eigenvalue weighted by Crippen LogP contribution is -1.97. The highest BCUT2D eigenvalue weighted by Crippen LogP contribution is 2.13. The zero-order valence-corrected chi connectivity index (χ0v) is 7.82. The minimum absolute atomic E-state index is 0.0770. The quantitative estimate of drug-likeness (QED) is 0.790. The third-order valence-electron chi connectivity index (χ3n) is 2.11. The molecule has 0 unspecified atom stereocenters. The van der Waals surface area contributed by atoms with Crippen LogP contribution in [0.2, 0.25) is 0 Å². The van der Waals surface area contributed by atoms with Crippen molar-refractivity contribution in [3.8, 4) is 0 Å². The summed E-state index contributed by atoms with van der Waals surface area (Å²) in [6.45, 7) is 0. The first kappa shape index (κ1) is 9.51. The molecular formula is C10H9NO4. The Morgan fingerprint density at radius 2 is 2.27 bits per heavy atom. The molecule has 2 rings (SSSR count). The van der Waals surface area contributed by atoms with Gasteiger partial charge in [0.1, 0.15) is 0 Å². The van der Waals surface area contributed by atoms with E-state index in [0.29, 0.717) is 17.5 Å². The number of benzene rings is 1. The van der Waals surface area contributed by atoms with E-state index in [-0.39, 0.29) is 6.42 Å². The van der Waals surface area contributed by atoms with E-state index < -0.39 is 11.7 Å². The molecule has 5 heteroatoms. The summed E-state index contributed by atoms with van der Waals surface area (Å²) in [6.07, 6.45) is 0.520. The van der Waals surface area contributed by atoms with Gasteiger partial charge in [-0.25, -0.2) is 4.79 Å². The normalized spacial score (nSPS) is 10.7. The lowest BCUT2D eigenvalue weighted by Gasteiger charge is -1.97. The molecule has 5 nitrogen and oxygen atoms in total. The van der Waals surface area contributed by atoms with Gasteiger partial charge in [-0.3, -0.25) is 9.78 Å². The zero-order chi connectivity index (χ0) is 10.8. The number of rotatable bonds is 3. The van der Waals surface area contributed by atoms with E-state index in [0.717, 1.165) is 5.56 Å². The van der Waals surface area contributed by atoms with Gasteiger partial charge in [0.2, 0.25) is 0 Å². The molecule has 0 saturated carbocycles. The fraction of sp³-hybridized carbons (Fsp3) is 0.200. The van der Waals surface area contributed by atoms with Gasteiger partial charge in [-0.2, -0.15) is 0 Å². The van der Waals surface area contributed by atoms with E-state index in [9.17, 15) is 9.59 Å². The van der Waals surface area contributed by atoms with Crippen molar-refractivity contribution in [2.24, 2.45) is 0 Å². The largest absolute Gasteiger partial charge is 0.481 e. The number of aromatic amines is 1. The van der Waals surface area contributed by atoms with Crippen molar-refractivity contribution >= 4 is 17.1 Å². The van der Waals surface area contributed by atoms with E-state index in [1.54, 1.807) is 18.2 Å². The number of oxazole rings is 1. The molecule has 0 amide bonds. The van der Waals surface area contributed by atoms with Gasteiger partial charge in [0.25, 0.3) is 0 Å². The number of hydrogen-bond donors (Lipinski definition) is 2. The Kier molecular flexibility index (Phi) is 2.29. The van der Waals surface area contributed by atoms with Crippen molar-refractivity contribution in [2.45, 2.75) is 12.8 Å². The number of aliphatic carboxylic acids is 1. The Balaban J connectivity index is 2.30. The average Bonchev–Trinajstić information content (AvgIpc) is 2.53. The number of aromatic nitrogens is 1. The zero-order valence-electron chi connectivity index (χ0n) is 7.82. The first-order valence-electron chi connectivity index (χ1n) is 4.49. The molecule has 0 aliphatic carbocycles. The summed E-state index contributed by atoms with van der Waals surface area (Å²) in [5.74, 6) is -1.34. The van der Waals surface area contributed by atoms with Crippen molar-refractivity contribution in [1.82, 2.24) is 4.98 Å². The summed E-state index contributed by atoms with van der Waals surface area (Å²) < 4.78 is 4.82. The fourth-order valence-corrected chi connectivity index (χ4v) is 1.41. The second-order valence-corrected chi connectivity index (χ2v) is 3.24. The number of carboxylic acid groups (broad SMARTS) is 1. The van der Waals surface area contributed by atoms with Gasteiger partial charge < -0.3 is 9.52 Å². The van der Waals surface area contributed by atoms with Crippen LogP contribution in [0, 0.1) is 0 Å². The van der Waals surface area contributed by atoms with Gasteiger partial charge in [0.05, 0.1) is 5.52 Å². The number of hydrogen-bond acceptors (Lipinski definition) is 3. The topological polar surface area (TPSA) is 83.3 Å². The summed E-state index contributed by atoms with van der Waals surface area (Å²) in [5.41, 5.74) is 1.95. The molecule has 0 aliphatic heterocycles. The summed E-state index contributed by atoms with van der Waals surface area (Å²) in [6, 6.07) is 5.13. The van der Waals surface area contributed by atoms with Crippen LogP contribution in [0.25, 0.3) is 11.1 Å². The summed E-state index contributed by atoms with van der Waals surface area (Å²) >= 11 is 0. The second-order valence-electron chi connectivity index (χ2n) is 3.24. The van der Waals surface area contributed by atoms with Gasteiger partial charge in [0, 0.05) is 6.42 Å². The summed E-state index contributed by atoms with van der Waals surface area (Å²) in [4.78, 5) is 23.7. The maximum Gasteiger partial charge on any atom is 0.417 e. The molecule has 1 aromatic heterocycles. The van der Waals surface area contributed by atoms with Crippen molar-refractivity contribution in [3.05, 3.63) is 34.3 Å². The van der Waals surface area contributed by atoms with Gasteiger partial charge in [-0.1, -0.05) is 6.07 Å². The fourth-order valence-electron chi connectivity index (χ4n) is 1.41. The highest BCUT2D eigenvalue weighted by Gasteiger charge is 2.03. The Hall–Kier alpha value is -2.04. The van der Waals surface area contributed by atoms with Crippen molar-refractivity contribution in [2.75, 3.05) is 0 Å². The molecule has 2 aromatic rings. The Labute approximate surface area is 84.3 Å². The lowest BCUT2D eigenvalue weighted by molar-refractivity contribution is -0.136. The van der Waals surface area contributed by atoms with Crippen LogP contribution >= 0.6 is 0 Å². The van der Waals surface area contributed by atoms with Gasteiger partial charge in [0.15, 0.2) is 5.58 Å². The van der Waals surface area contributed by atoms with E-state index in [4.69, 9.17) is 9.52 Å². The smallest absolute Gasteiger partial charge is 0.417 e. The van der Waals surface area contributed by atoms with Crippen LogP contribution in [0.4, 0.5) is 0 Å². The van der Waals surface area contributed by atoms with Crippen LogP contribution < -0.4 is 5.76 Å². The molecule has 2 N–H and O–H groups in total. The maximum absolute atomic E-state index is 10.8. The number of nitrogens with one attached hydrogen (secondary N) is 1. The Morgan fingerprint density at radius 3 is 3.00 bits per heavy atom. The third-order valence-corrected chi connectivity index (χ3v) is 2.11. The maximum atomic E-state index is 10.8. The van der Waals surface area contributed by atoms with E-state index >= 15 is 0 Å². The number of carboxylic acids is 1. The van der Waals surface area contributed by atoms with E-state index in [1.165, 1.54) is 0 Å². The first-order valence-corrected chi connectivity index (χ1v) is 4.49. The van der Waals surface area contributed by atoms with Crippen LogP contribution in [0.1, 0.15) is 12.0 Å². The van der Waals surface area contributed by atoms with Gasteiger partial charge >= 0.3 is 11.7 Å². The average molecular weight is 207 g/mol. The highest BCUT2D eigenvalue weighted by molar-refractivity contribution is 5.73. The highest BCUT2D eigenvalue weighted by atomic mass is 16.4. The van der Waals surface area contributed by atoms with E-state index in [2.05, 4.69) is 4.98 Å². The molecule has 0 aliphatic rings. The molecule has 0 atom stereocenters. The first-order chi connectivity index (χ1) is 7.15.